The SMILES string of the molecule is [B]c1c([B])c([B])c(-c2ccc3c(-c4cccc(-n5c(-c6c([B])c([B])c([B])c([B])c6[B])nc6ccccc65)c4)c4ccccc4c(-c4c([B])c([B])c([B])c([B])c4[B])c3c2)c([B])c1[B]. The van der Waals surface area contributed by atoms with Crippen molar-refractivity contribution in [2.75, 3.05) is 0 Å². The van der Waals surface area contributed by atoms with E-state index in [4.69, 9.17) is 123 Å². The Morgan fingerprint density at radius 1 is 0.306 bits per heavy atom. The first-order valence-corrected chi connectivity index (χ1v) is 19.2. The molecule has 0 bridgehead atoms. The second kappa shape index (κ2) is 15.5. The van der Waals surface area contributed by atoms with Crippen LogP contribution < -0.4 is 81.9 Å². The van der Waals surface area contributed by atoms with Crippen LogP contribution in [0.25, 0.3) is 83.0 Å². The lowest BCUT2D eigenvalue weighted by Crippen LogP contribution is -2.55. The molecule has 17 heteroatoms. The third-order valence-corrected chi connectivity index (χ3v) is 11.8. The molecule has 0 N–H and O–H groups in total. The second-order valence-corrected chi connectivity index (χ2v) is 15.2. The minimum atomic E-state index is 0.0825. The van der Waals surface area contributed by atoms with Crippen LogP contribution in [-0.4, -0.2) is 127 Å². The highest BCUT2D eigenvalue weighted by Crippen LogP contribution is 2.44. The van der Waals surface area contributed by atoms with Gasteiger partial charge in [0.1, 0.15) is 124 Å². The van der Waals surface area contributed by atoms with Crippen molar-refractivity contribution in [1.82, 2.24) is 9.55 Å². The third-order valence-electron chi connectivity index (χ3n) is 11.8. The van der Waals surface area contributed by atoms with Gasteiger partial charge in [-0.3, -0.25) is 4.57 Å². The van der Waals surface area contributed by atoms with E-state index < -0.39 is 0 Å². The van der Waals surface area contributed by atoms with Crippen LogP contribution in [0.15, 0.2) is 91.0 Å². The third kappa shape index (κ3) is 6.19. The predicted octanol–water partition coefficient (Wildman–Crippen LogP) is -6.09. The quantitative estimate of drug-likeness (QED) is 0.127. The van der Waals surface area contributed by atoms with E-state index in [1.165, 1.54) is 0 Å². The van der Waals surface area contributed by atoms with Crippen molar-refractivity contribution >= 4 is 232 Å². The van der Waals surface area contributed by atoms with Crippen LogP contribution >= 0.6 is 0 Å². The summed E-state index contributed by atoms with van der Waals surface area (Å²) in [5, 5.41) is 3.07. The van der Waals surface area contributed by atoms with E-state index in [1.54, 1.807) is 0 Å². The van der Waals surface area contributed by atoms with Crippen LogP contribution in [0.5, 0.6) is 0 Å². The number of fused-ring (bicyclic) bond motifs is 3. The van der Waals surface area contributed by atoms with E-state index in [0.717, 1.165) is 38.5 Å². The summed E-state index contributed by atoms with van der Waals surface area (Å²) in [6, 6.07) is 29.2. The average molecular weight is 746 g/mol. The summed E-state index contributed by atoms with van der Waals surface area (Å²) in [5.74, 6) is 0.410. The van der Waals surface area contributed by atoms with Crippen molar-refractivity contribution in [2.24, 2.45) is 0 Å². The van der Waals surface area contributed by atoms with Gasteiger partial charge in [0.15, 0.2) is 0 Å². The fraction of sp³-hybridized carbons (Fsp3) is 0. The van der Waals surface area contributed by atoms with Gasteiger partial charge in [-0.25, -0.2) is 4.98 Å². The van der Waals surface area contributed by atoms with Crippen LogP contribution in [0.2, 0.25) is 0 Å². The Bertz CT molecular complexity index is 3350. The molecule has 30 radical (unpaired) electrons. The summed E-state index contributed by atoms with van der Waals surface area (Å²) in [6.07, 6.45) is 0. The van der Waals surface area contributed by atoms with Gasteiger partial charge in [0.05, 0.1) is 11.0 Å². The smallest absolute Gasteiger partial charge is 0.144 e. The fourth-order valence-corrected chi connectivity index (χ4v) is 8.54. The number of hydrogen-bond donors (Lipinski definition) is 0. The van der Waals surface area contributed by atoms with E-state index in [9.17, 15) is 0 Å². The molecule has 0 aliphatic rings. The summed E-state index contributed by atoms with van der Waals surface area (Å²) in [5.41, 5.74) is 8.04. The molecule has 0 aliphatic heterocycles. The van der Waals surface area contributed by atoms with E-state index in [1.807, 2.05) is 95.6 Å². The van der Waals surface area contributed by atoms with Crippen molar-refractivity contribution in [3.63, 3.8) is 0 Å². The molecule has 0 saturated carbocycles. The summed E-state index contributed by atoms with van der Waals surface area (Å²) >= 11 is 0. The molecular formula is C45H15B15N2. The van der Waals surface area contributed by atoms with E-state index in [0.29, 0.717) is 44.5 Å². The second-order valence-electron chi connectivity index (χ2n) is 15.2. The van der Waals surface area contributed by atoms with Gasteiger partial charge >= 0.3 is 0 Å². The number of benzene rings is 8. The van der Waals surface area contributed by atoms with Gasteiger partial charge in [-0.15, -0.1) is 49.2 Å². The molecule has 0 atom stereocenters. The normalized spacial score (nSPS) is 11.5. The number of hydrogen-bond acceptors (Lipinski definition) is 1. The van der Waals surface area contributed by atoms with Crippen LogP contribution in [-0.2, 0) is 0 Å². The molecule has 0 aliphatic carbocycles. The molecule has 0 saturated heterocycles. The van der Waals surface area contributed by atoms with E-state index in [2.05, 4.69) is 0 Å². The zero-order chi connectivity index (χ0) is 44.2. The standard InChI is InChI=1S/C45H15B15N2/c46-30-26(31(47)37(53)42(58)36(30)52)17-12-13-21-22(15-17)27(28-32(48)38(54)43(59)39(55)33(28)49)20-9-2-1-8-19(20)25(21)16-6-5-7-18(14-16)62-24-11-4-3-10-23(24)61-45(62)29-34(50)40(56)44(60)41(57)35(29)51/h1-15H. The Labute approximate surface area is 381 Å². The molecule has 0 amide bonds. The van der Waals surface area contributed by atoms with Crippen molar-refractivity contribution < 1.29 is 0 Å². The average Bonchev–Trinajstić information content (AvgIpc) is 3.66. The van der Waals surface area contributed by atoms with Crippen molar-refractivity contribution in [1.29, 1.82) is 0 Å². The molecule has 9 rings (SSSR count). The maximum Gasteiger partial charge on any atom is 0.144 e. The number of para-hydroxylation sites is 2. The van der Waals surface area contributed by atoms with Gasteiger partial charge in [-0.1, -0.05) is 93.4 Å². The van der Waals surface area contributed by atoms with E-state index in [-0.39, 0.29) is 81.9 Å². The van der Waals surface area contributed by atoms with Gasteiger partial charge < -0.3 is 0 Å². The van der Waals surface area contributed by atoms with Crippen molar-refractivity contribution in [2.45, 2.75) is 0 Å². The molecule has 0 spiro atoms. The largest absolute Gasteiger partial charge is 0.292 e. The minimum absolute atomic E-state index is 0.0825. The molecule has 2 nitrogen and oxygen atoms in total. The van der Waals surface area contributed by atoms with Crippen molar-refractivity contribution in [3.8, 4) is 50.5 Å². The minimum Gasteiger partial charge on any atom is -0.292 e. The van der Waals surface area contributed by atoms with E-state index >= 15 is 0 Å². The predicted molar refractivity (Wildman–Crippen MR) is 279 cm³/mol. The number of nitrogens with zero attached hydrogens (tertiary/aromatic N) is 2. The molecule has 1 aromatic heterocycles. The Morgan fingerprint density at radius 3 is 1.31 bits per heavy atom. The number of aromatic nitrogens is 2. The Hall–Kier alpha value is -5.28. The molecule has 62 heavy (non-hydrogen) atoms. The molecular weight excluding hydrogens is 731 g/mol. The zero-order valence-electron chi connectivity index (χ0n) is 33.2. The first-order chi connectivity index (χ1) is 29.5. The first kappa shape index (κ1) is 42.0. The maximum atomic E-state index is 6.82. The van der Waals surface area contributed by atoms with Gasteiger partial charge in [-0.2, -0.15) is 0 Å². The summed E-state index contributed by atoms with van der Waals surface area (Å²) in [4.78, 5) is 5.00. The summed E-state index contributed by atoms with van der Waals surface area (Å²) < 4.78 is 1.95. The lowest BCUT2D eigenvalue weighted by molar-refractivity contribution is 1.11. The summed E-state index contributed by atoms with van der Waals surface area (Å²) in [6.45, 7) is 0. The van der Waals surface area contributed by atoms with Gasteiger partial charge in [0.25, 0.3) is 0 Å². The van der Waals surface area contributed by atoms with Crippen molar-refractivity contribution in [3.05, 3.63) is 91.0 Å². The van der Waals surface area contributed by atoms with Gasteiger partial charge in [-0.05, 0) is 85.3 Å². The topological polar surface area (TPSA) is 17.8 Å². The maximum absolute atomic E-state index is 6.82. The molecule has 250 valence electrons. The first-order valence-electron chi connectivity index (χ1n) is 19.2. The molecule has 9 aromatic rings. The Morgan fingerprint density at radius 2 is 0.742 bits per heavy atom. The monoisotopic (exact) mass is 748 g/mol. The van der Waals surface area contributed by atoms with Gasteiger partial charge in [0, 0.05) is 11.3 Å². The highest BCUT2D eigenvalue weighted by molar-refractivity contribution is 6.71. The Kier molecular flexibility index (Phi) is 10.5. The van der Waals surface area contributed by atoms with Gasteiger partial charge in [0.2, 0.25) is 0 Å². The molecule has 0 fully saturated rings. The fourth-order valence-electron chi connectivity index (χ4n) is 8.54. The number of imidazole rings is 1. The highest BCUT2D eigenvalue weighted by Gasteiger charge is 2.24. The Balaban J connectivity index is 1.40. The van der Waals surface area contributed by atoms with Crippen LogP contribution in [0.1, 0.15) is 0 Å². The highest BCUT2D eigenvalue weighted by atomic mass is 15.1. The van der Waals surface area contributed by atoms with Crippen LogP contribution in [0.4, 0.5) is 0 Å². The number of rotatable bonds is 5. The lowest BCUT2D eigenvalue weighted by atomic mass is 9.59. The molecule has 1 heterocycles. The van der Waals surface area contributed by atoms with Crippen LogP contribution in [0, 0.1) is 0 Å². The summed E-state index contributed by atoms with van der Waals surface area (Å²) in [7, 11) is 97.3. The molecule has 0 unspecified atom stereocenters. The van der Waals surface area contributed by atoms with Crippen LogP contribution in [0.3, 0.4) is 0 Å². The molecule has 8 aromatic carbocycles. The zero-order valence-corrected chi connectivity index (χ0v) is 33.2. The lowest BCUT2D eigenvalue weighted by Gasteiger charge is -2.26.